The van der Waals surface area contributed by atoms with E-state index in [1.807, 2.05) is 0 Å². The van der Waals surface area contributed by atoms with E-state index in [9.17, 15) is 29.4 Å². The molecule has 0 unspecified atom stereocenters. The van der Waals surface area contributed by atoms with Gasteiger partial charge in [-0.15, -0.1) is 0 Å². The zero-order chi connectivity index (χ0) is 23.3. The van der Waals surface area contributed by atoms with Crippen LogP contribution in [0.3, 0.4) is 0 Å². The Morgan fingerprint density at radius 1 is 0.656 bits per heavy atom. The van der Waals surface area contributed by atoms with Gasteiger partial charge in [0, 0.05) is 22.9 Å². The molecular formula is C20H22N4O6S2. The minimum Gasteiger partial charge on any atom is -0.480 e. The van der Waals surface area contributed by atoms with Gasteiger partial charge in [-0.1, -0.05) is 58.0 Å². The Hall–Kier alpha value is -3.38. The molecule has 4 amide bonds. The van der Waals surface area contributed by atoms with Crippen LogP contribution in [0.2, 0.25) is 0 Å². The number of urea groups is 2. The Balaban J connectivity index is 1.76. The van der Waals surface area contributed by atoms with Gasteiger partial charge in [0.1, 0.15) is 12.1 Å². The second kappa shape index (κ2) is 13.1. The third kappa shape index (κ3) is 9.18. The minimum atomic E-state index is -1.23. The van der Waals surface area contributed by atoms with Crippen molar-refractivity contribution in [2.45, 2.75) is 12.1 Å². The highest BCUT2D eigenvalue weighted by Crippen LogP contribution is 2.23. The smallest absolute Gasteiger partial charge is 0.327 e. The standard InChI is InChI=1S/C20H22N4O6S2/c25-17(26)15(23-19(29)21-13-7-3-1-4-8-13)11-31-32-12-16(18(27)28)24-20(30)22-14-9-5-2-6-10-14/h1-10,15-16H,11-12H2,(H,25,26)(H,27,28)(H2,21,23,29)(H2,22,24,30)/t15-,16+. The van der Waals surface area contributed by atoms with Crippen molar-refractivity contribution in [3.05, 3.63) is 60.7 Å². The Kier molecular flexibility index (Phi) is 10.2. The minimum absolute atomic E-state index is 0.00917. The summed E-state index contributed by atoms with van der Waals surface area (Å²) in [5, 5.41) is 28.4. The molecule has 0 saturated heterocycles. The van der Waals surface area contributed by atoms with E-state index in [1.165, 1.54) is 0 Å². The quantitative estimate of drug-likeness (QED) is 0.213. The van der Waals surface area contributed by atoms with E-state index in [-0.39, 0.29) is 11.5 Å². The summed E-state index contributed by atoms with van der Waals surface area (Å²) in [6.07, 6.45) is 0. The lowest BCUT2D eigenvalue weighted by Crippen LogP contribution is -2.45. The number of amides is 4. The number of carbonyl (C=O) groups is 4. The molecule has 0 aliphatic rings. The Morgan fingerprint density at radius 3 is 1.31 bits per heavy atom. The molecule has 0 aromatic heterocycles. The van der Waals surface area contributed by atoms with Crippen LogP contribution < -0.4 is 21.3 Å². The van der Waals surface area contributed by atoms with Gasteiger partial charge in [0.25, 0.3) is 0 Å². The maximum atomic E-state index is 12.0. The maximum Gasteiger partial charge on any atom is 0.327 e. The van der Waals surface area contributed by atoms with Crippen LogP contribution in [-0.2, 0) is 9.59 Å². The van der Waals surface area contributed by atoms with Crippen molar-refractivity contribution in [2.24, 2.45) is 0 Å². The number of hydrogen-bond donors (Lipinski definition) is 6. The largest absolute Gasteiger partial charge is 0.480 e. The summed E-state index contributed by atoms with van der Waals surface area (Å²) in [5.41, 5.74) is 1.03. The fourth-order valence-corrected chi connectivity index (χ4v) is 4.59. The van der Waals surface area contributed by atoms with Crippen molar-refractivity contribution in [1.82, 2.24) is 10.6 Å². The first-order valence-corrected chi connectivity index (χ1v) is 11.8. The van der Waals surface area contributed by atoms with E-state index in [0.717, 1.165) is 21.6 Å². The molecule has 6 N–H and O–H groups in total. The summed E-state index contributed by atoms with van der Waals surface area (Å²) in [6.45, 7) is 0. The molecule has 2 rings (SSSR count). The van der Waals surface area contributed by atoms with Gasteiger partial charge in [0.05, 0.1) is 0 Å². The van der Waals surface area contributed by atoms with Crippen molar-refractivity contribution in [2.75, 3.05) is 22.1 Å². The summed E-state index contributed by atoms with van der Waals surface area (Å²) < 4.78 is 0. The van der Waals surface area contributed by atoms with Crippen molar-refractivity contribution in [3.8, 4) is 0 Å². The molecule has 0 saturated carbocycles. The molecule has 2 aromatic carbocycles. The number of carboxylic acids is 2. The van der Waals surface area contributed by atoms with Crippen LogP contribution in [0.5, 0.6) is 0 Å². The van der Waals surface area contributed by atoms with Crippen molar-refractivity contribution < 1.29 is 29.4 Å². The van der Waals surface area contributed by atoms with E-state index in [4.69, 9.17) is 0 Å². The number of carbonyl (C=O) groups excluding carboxylic acids is 2. The van der Waals surface area contributed by atoms with Crippen LogP contribution >= 0.6 is 21.6 Å². The highest BCUT2D eigenvalue weighted by molar-refractivity contribution is 8.76. The summed E-state index contributed by atoms with van der Waals surface area (Å²) in [4.78, 5) is 46.8. The number of benzene rings is 2. The van der Waals surface area contributed by atoms with Crippen LogP contribution in [0, 0.1) is 0 Å². The van der Waals surface area contributed by atoms with Crippen LogP contribution in [0.25, 0.3) is 0 Å². The fraction of sp³-hybridized carbons (Fsp3) is 0.200. The molecule has 12 heteroatoms. The van der Waals surface area contributed by atoms with Gasteiger partial charge >= 0.3 is 24.0 Å². The Bertz CT molecular complexity index is 841. The first-order valence-electron chi connectivity index (χ1n) is 9.30. The van der Waals surface area contributed by atoms with Crippen molar-refractivity contribution in [3.63, 3.8) is 0 Å². The van der Waals surface area contributed by atoms with Crippen molar-refractivity contribution in [1.29, 1.82) is 0 Å². The third-order valence-electron chi connectivity index (χ3n) is 3.82. The molecule has 170 valence electrons. The number of hydrogen-bond acceptors (Lipinski definition) is 6. The van der Waals surface area contributed by atoms with E-state index in [2.05, 4.69) is 21.3 Å². The van der Waals surface area contributed by atoms with Crippen molar-refractivity contribution >= 4 is 57.0 Å². The van der Waals surface area contributed by atoms with Gasteiger partial charge in [-0.2, -0.15) is 0 Å². The summed E-state index contributed by atoms with van der Waals surface area (Å²) in [7, 11) is 2.15. The number of rotatable bonds is 11. The van der Waals surface area contributed by atoms with Crippen LogP contribution in [-0.4, -0.2) is 57.8 Å². The number of aliphatic carboxylic acids is 2. The van der Waals surface area contributed by atoms with E-state index in [0.29, 0.717) is 11.4 Å². The van der Waals surface area contributed by atoms with Crippen LogP contribution in [0.1, 0.15) is 0 Å². The normalized spacial score (nSPS) is 12.1. The summed E-state index contributed by atoms with van der Waals surface area (Å²) in [6, 6.07) is 13.4. The lowest BCUT2D eigenvalue weighted by Gasteiger charge is -2.16. The van der Waals surface area contributed by atoms with Gasteiger partial charge in [0.2, 0.25) is 0 Å². The summed E-state index contributed by atoms with van der Waals surface area (Å²) >= 11 is 0. The maximum absolute atomic E-state index is 12.0. The molecule has 0 bridgehead atoms. The van der Waals surface area contributed by atoms with Gasteiger partial charge in [-0.25, -0.2) is 19.2 Å². The molecule has 2 atom stereocenters. The molecule has 32 heavy (non-hydrogen) atoms. The molecule has 0 radical (unpaired) electrons. The van der Waals surface area contributed by atoms with Gasteiger partial charge < -0.3 is 31.5 Å². The lowest BCUT2D eigenvalue weighted by molar-refractivity contribution is -0.139. The first kappa shape index (κ1) is 24.9. The highest BCUT2D eigenvalue weighted by Gasteiger charge is 2.23. The number of carboxylic acid groups (broad SMARTS) is 2. The van der Waals surface area contributed by atoms with Gasteiger partial charge in [-0.05, 0) is 24.3 Å². The molecular weight excluding hydrogens is 456 g/mol. The second-order valence-electron chi connectivity index (χ2n) is 6.28. The Morgan fingerprint density at radius 2 is 1.00 bits per heavy atom. The zero-order valence-corrected chi connectivity index (χ0v) is 18.3. The Labute approximate surface area is 191 Å². The average Bonchev–Trinajstić information content (AvgIpc) is 2.76. The fourth-order valence-electron chi connectivity index (χ4n) is 2.28. The molecule has 0 spiro atoms. The topological polar surface area (TPSA) is 157 Å². The van der Waals surface area contributed by atoms with Crippen LogP contribution in [0.4, 0.5) is 21.0 Å². The first-order chi connectivity index (χ1) is 15.3. The molecule has 0 fully saturated rings. The van der Waals surface area contributed by atoms with Crippen LogP contribution in [0.15, 0.2) is 60.7 Å². The zero-order valence-electron chi connectivity index (χ0n) is 16.7. The molecule has 2 aromatic rings. The predicted octanol–water partition coefficient (Wildman–Crippen LogP) is 2.92. The van der Waals surface area contributed by atoms with E-state index < -0.39 is 36.1 Å². The number of nitrogens with one attached hydrogen (secondary N) is 4. The molecule has 0 aliphatic heterocycles. The molecule has 10 nitrogen and oxygen atoms in total. The summed E-state index contributed by atoms with van der Waals surface area (Å²) in [5.74, 6) is -2.47. The lowest BCUT2D eigenvalue weighted by atomic mass is 10.3. The highest BCUT2D eigenvalue weighted by atomic mass is 33.1. The van der Waals surface area contributed by atoms with Gasteiger partial charge in [0.15, 0.2) is 0 Å². The predicted molar refractivity (Wildman–Crippen MR) is 125 cm³/mol. The van der Waals surface area contributed by atoms with E-state index in [1.54, 1.807) is 60.7 Å². The SMILES string of the molecule is O=C(Nc1ccccc1)N[C@@H](CSSC[C@@H](NC(=O)Nc1ccccc1)C(=O)O)C(=O)O. The second-order valence-corrected chi connectivity index (χ2v) is 8.83. The number of anilines is 2. The number of para-hydroxylation sites is 2. The molecule has 0 heterocycles. The average molecular weight is 479 g/mol. The van der Waals surface area contributed by atoms with E-state index >= 15 is 0 Å². The van der Waals surface area contributed by atoms with Gasteiger partial charge in [-0.3, -0.25) is 0 Å². The molecule has 0 aliphatic carbocycles. The third-order valence-corrected chi connectivity index (χ3v) is 6.24. The monoisotopic (exact) mass is 478 g/mol.